The maximum atomic E-state index is 12.0. The molecule has 34 heavy (non-hydrogen) atoms. The van der Waals surface area contributed by atoms with Crippen LogP contribution in [-0.4, -0.2) is 58.6 Å². The number of hydrogen-bond donors (Lipinski definition) is 2. The van der Waals surface area contributed by atoms with E-state index in [2.05, 4.69) is 51.2 Å². The molecule has 0 spiro atoms. The Kier molecular flexibility index (Phi) is 5.85. The van der Waals surface area contributed by atoms with E-state index in [4.69, 9.17) is 17.3 Å². The van der Waals surface area contributed by atoms with Crippen molar-refractivity contribution < 1.29 is 4.79 Å². The van der Waals surface area contributed by atoms with Gasteiger partial charge in [0.25, 0.3) is 5.91 Å². The Hall–Kier alpha value is -3.62. The molecule has 8 nitrogen and oxygen atoms in total. The molecule has 9 heteroatoms. The number of benzene rings is 2. The lowest BCUT2D eigenvalue weighted by atomic mass is 10.1. The predicted octanol–water partition coefficient (Wildman–Crippen LogP) is 3.98. The van der Waals surface area contributed by atoms with E-state index in [1.165, 1.54) is 11.3 Å². The van der Waals surface area contributed by atoms with Gasteiger partial charge in [-0.05, 0) is 43.8 Å². The third kappa shape index (κ3) is 4.18. The van der Waals surface area contributed by atoms with Gasteiger partial charge in [0.05, 0.1) is 17.3 Å². The van der Waals surface area contributed by atoms with E-state index in [0.717, 1.165) is 42.8 Å². The number of nitrogens with one attached hydrogen (secondary N) is 1. The molecule has 5 rings (SSSR count). The highest BCUT2D eigenvalue weighted by molar-refractivity contribution is 6.32. The molecule has 3 N–H and O–H groups in total. The van der Waals surface area contributed by atoms with Crippen LogP contribution >= 0.6 is 11.6 Å². The van der Waals surface area contributed by atoms with Crippen LogP contribution in [0.25, 0.3) is 16.7 Å². The molecular weight excluding hydrogens is 450 g/mol. The van der Waals surface area contributed by atoms with Crippen LogP contribution in [0, 0.1) is 6.92 Å². The van der Waals surface area contributed by atoms with E-state index >= 15 is 0 Å². The lowest BCUT2D eigenvalue weighted by Gasteiger charge is -2.35. The zero-order valence-corrected chi connectivity index (χ0v) is 19.9. The van der Waals surface area contributed by atoms with Crippen LogP contribution in [0.1, 0.15) is 15.9 Å². The van der Waals surface area contributed by atoms with Crippen molar-refractivity contribution in [3.05, 3.63) is 71.0 Å². The summed E-state index contributed by atoms with van der Waals surface area (Å²) in [7, 11) is 2.16. The molecule has 3 heterocycles. The maximum absolute atomic E-state index is 12.0. The van der Waals surface area contributed by atoms with E-state index < -0.39 is 5.91 Å². The van der Waals surface area contributed by atoms with Gasteiger partial charge in [-0.2, -0.15) is 4.98 Å². The van der Waals surface area contributed by atoms with Crippen LogP contribution in [-0.2, 0) is 0 Å². The number of carbonyl (C=O) groups is 1. The molecule has 1 amide bonds. The number of aromatic nitrogens is 3. The second kappa shape index (κ2) is 8.96. The second-order valence-corrected chi connectivity index (χ2v) is 8.98. The molecule has 0 aliphatic carbocycles. The monoisotopic (exact) mass is 475 g/mol. The number of piperazine rings is 1. The van der Waals surface area contributed by atoms with Gasteiger partial charge in [0.2, 0.25) is 5.95 Å². The molecule has 4 aromatic rings. The largest absolute Gasteiger partial charge is 0.369 e. The normalized spacial score (nSPS) is 14.5. The Morgan fingerprint density at radius 2 is 1.88 bits per heavy atom. The number of likely N-dealkylation sites (N-methyl/N-ethyl adjacent to an activating group) is 1. The SMILES string of the molecule is Cc1cc(Nc2ncc(Cl)c(-n3cc(C(N)=O)c4ccccc43)n2)ccc1N1CCN(C)CC1. The fourth-order valence-corrected chi connectivity index (χ4v) is 4.59. The number of nitrogens with zero attached hydrogens (tertiary/aromatic N) is 5. The highest BCUT2D eigenvalue weighted by atomic mass is 35.5. The van der Waals surface area contributed by atoms with Gasteiger partial charge in [-0.1, -0.05) is 29.8 Å². The number of nitrogens with two attached hydrogens (primary N) is 1. The summed E-state index contributed by atoms with van der Waals surface area (Å²) in [5, 5.41) is 4.39. The Morgan fingerprint density at radius 1 is 1.12 bits per heavy atom. The van der Waals surface area contributed by atoms with Crippen LogP contribution in [0.4, 0.5) is 17.3 Å². The minimum atomic E-state index is -0.505. The van der Waals surface area contributed by atoms with Gasteiger partial charge in [0.1, 0.15) is 5.02 Å². The molecular formula is C25H26ClN7O. The lowest BCUT2D eigenvalue weighted by Crippen LogP contribution is -2.44. The minimum absolute atomic E-state index is 0.365. The summed E-state index contributed by atoms with van der Waals surface area (Å²) in [4.78, 5) is 25.7. The van der Waals surface area contributed by atoms with Crippen molar-refractivity contribution >= 4 is 45.7 Å². The number of amides is 1. The summed E-state index contributed by atoms with van der Waals surface area (Å²) in [5.74, 6) is 0.368. The van der Waals surface area contributed by atoms with Crippen molar-refractivity contribution in [2.45, 2.75) is 6.92 Å². The zero-order chi connectivity index (χ0) is 23.8. The third-order valence-electron chi connectivity index (χ3n) is 6.23. The van der Waals surface area contributed by atoms with E-state index in [1.807, 2.05) is 30.3 Å². The first-order valence-electron chi connectivity index (χ1n) is 11.1. The number of halogens is 1. The Bertz CT molecular complexity index is 1380. The van der Waals surface area contributed by atoms with Gasteiger partial charge in [0, 0.05) is 49.1 Å². The molecule has 0 saturated carbocycles. The summed E-state index contributed by atoms with van der Waals surface area (Å²) in [6.45, 7) is 6.28. The molecule has 2 aromatic heterocycles. The van der Waals surface area contributed by atoms with Crippen molar-refractivity contribution in [1.82, 2.24) is 19.4 Å². The van der Waals surface area contributed by atoms with Crippen LogP contribution in [0.15, 0.2) is 54.9 Å². The summed E-state index contributed by atoms with van der Waals surface area (Å²) in [5.41, 5.74) is 10.1. The molecule has 0 atom stereocenters. The number of anilines is 3. The van der Waals surface area contributed by atoms with E-state index in [1.54, 1.807) is 17.0 Å². The van der Waals surface area contributed by atoms with Gasteiger partial charge in [-0.25, -0.2) is 4.98 Å². The molecule has 1 aliphatic heterocycles. The molecule has 1 aliphatic rings. The van der Waals surface area contributed by atoms with Crippen molar-refractivity contribution in [2.24, 2.45) is 5.73 Å². The molecule has 174 valence electrons. The number of primary amides is 1. The van der Waals surface area contributed by atoms with E-state index in [0.29, 0.717) is 22.4 Å². The first-order chi connectivity index (χ1) is 16.4. The van der Waals surface area contributed by atoms with Gasteiger partial charge < -0.3 is 20.9 Å². The average molecular weight is 476 g/mol. The summed E-state index contributed by atoms with van der Waals surface area (Å²) < 4.78 is 1.77. The summed E-state index contributed by atoms with van der Waals surface area (Å²) in [6.07, 6.45) is 3.22. The van der Waals surface area contributed by atoms with Crippen molar-refractivity contribution in [1.29, 1.82) is 0 Å². The van der Waals surface area contributed by atoms with E-state index in [-0.39, 0.29) is 0 Å². The fourth-order valence-electron chi connectivity index (χ4n) is 4.40. The van der Waals surface area contributed by atoms with Gasteiger partial charge in [-0.15, -0.1) is 0 Å². The quantitative estimate of drug-likeness (QED) is 0.453. The number of para-hydroxylation sites is 1. The van der Waals surface area contributed by atoms with Crippen LogP contribution in [0.5, 0.6) is 0 Å². The van der Waals surface area contributed by atoms with Crippen molar-refractivity contribution in [2.75, 3.05) is 43.4 Å². The molecule has 2 aromatic carbocycles. The molecule has 1 saturated heterocycles. The second-order valence-electron chi connectivity index (χ2n) is 8.58. The third-order valence-corrected chi connectivity index (χ3v) is 6.49. The molecule has 0 unspecified atom stereocenters. The van der Waals surface area contributed by atoms with Crippen LogP contribution in [0.3, 0.4) is 0 Å². The number of aryl methyl sites for hydroxylation is 1. The van der Waals surface area contributed by atoms with Crippen LogP contribution < -0.4 is 16.0 Å². The number of hydrogen-bond acceptors (Lipinski definition) is 6. The Labute approximate surface area is 203 Å². The first kappa shape index (κ1) is 22.2. The maximum Gasteiger partial charge on any atom is 0.250 e. The van der Waals surface area contributed by atoms with Gasteiger partial charge in [-0.3, -0.25) is 9.36 Å². The molecule has 0 radical (unpaired) electrons. The Morgan fingerprint density at radius 3 is 2.62 bits per heavy atom. The highest BCUT2D eigenvalue weighted by Gasteiger charge is 2.18. The zero-order valence-electron chi connectivity index (χ0n) is 19.1. The standard InChI is InChI=1S/C25H26ClN7O/c1-16-13-17(7-8-21(16)32-11-9-31(2)10-12-32)29-25-28-14-20(26)24(30-25)33-15-19(23(27)34)18-5-3-4-6-22(18)33/h3-8,13-15H,9-12H2,1-2H3,(H2,27,34)(H,28,29,30). The smallest absolute Gasteiger partial charge is 0.250 e. The highest BCUT2D eigenvalue weighted by Crippen LogP contribution is 2.29. The summed E-state index contributed by atoms with van der Waals surface area (Å²) in [6, 6.07) is 13.8. The van der Waals surface area contributed by atoms with Crippen molar-refractivity contribution in [3.8, 4) is 5.82 Å². The molecule has 0 bridgehead atoms. The summed E-state index contributed by atoms with van der Waals surface area (Å²) >= 11 is 6.47. The Balaban J connectivity index is 1.45. The number of rotatable bonds is 5. The number of fused-ring (bicyclic) bond motifs is 1. The number of carbonyl (C=O) groups excluding carboxylic acids is 1. The predicted molar refractivity (Wildman–Crippen MR) is 137 cm³/mol. The minimum Gasteiger partial charge on any atom is -0.369 e. The van der Waals surface area contributed by atoms with E-state index in [9.17, 15) is 4.79 Å². The topological polar surface area (TPSA) is 92.3 Å². The van der Waals surface area contributed by atoms with Crippen LogP contribution in [0.2, 0.25) is 5.02 Å². The first-order valence-corrected chi connectivity index (χ1v) is 11.5. The fraction of sp³-hybridized carbons (Fsp3) is 0.240. The van der Waals surface area contributed by atoms with Gasteiger partial charge in [0.15, 0.2) is 5.82 Å². The molecule has 1 fully saturated rings. The van der Waals surface area contributed by atoms with Crippen molar-refractivity contribution in [3.63, 3.8) is 0 Å². The van der Waals surface area contributed by atoms with Gasteiger partial charge >= 0.3 is 0 Å². The average Bonchev–Trinajstić information content (AvgIpc) is 3.21. The lowest BCUT2D eigenvalue weighted by molar-refractivity contribution is 0.100.